The molecule has 0 heterocycles. The average Bonchev–Trinajstić information content (AvgIpc) is 2.40. The summed E-state index contributed by atoms with van der Waals surface area (Å²) in [6, 6.07) is 8.68. The summed E-state index contributed by atoms with van der Waals surface area (Å²) in [6.45, 7) is 1.93. The van der Waals surface area contributed by atoms with Crippen molar-refractivity contribution in [3.8, 4) is 5.75 Å². The molecular weight excluding hydrogens is 319 g/mol. The first-order valence-corrected chi connectivity index (χ1v) is 6.84. The van der Waals surface area contributed by atoms with Gasteiger partial charge in [0.25, 0.3) is 0 Å². The highest BCUT2D eigenvalue weighted by Crippen LogP contribution is 2.32. The van der Waals surface area contributed by atoms with Crippen LogP contribution in [0.2, 0.25) is 15.1 Å². The molecule has 20 heavy (non-hydrogen) atoms. The number of aryl methyl sites for hydroxylation is 1. The Balaban J connectivity index is 2.12. The average molecular weight is 330 g/mol. The Morgan fingerprint density at radius 3 is 2.30 bits per heavy atom. The van der Waals surface area contributed by atoms with Gasteiger partial charge in [0.2, 0.25) is 0 Å². The van der Waals surface area contributed by atoms with Crippen LogP contribution in [0.15, 0.2) is 35.4 Å². The highest BCUT2D eigenvalue weighted by Gasteiger charge is 2.05. The van der Waals surface area contributed by atoms with E-state index >= 15 is 0 Å². The quantitative estimate of drug-likeness (QED) is 0.607. The molecule has 0 aliphatic carbocycles. The number of phenols is 1. The van der Waals surface area contributed by atoms with Crippen LogP contribution in [0.1, 0.15) is 11.1 Å². The molecule has 0 amide bonds. The first-order chi connectivity index (χ1) is 9.47. The summed E-state index contributed by atoms with van der Waals surface area (Å²) in [5, 5.41) is 14.5. The van der Waals surface area contributed by atoms with Gasteiger partial charge in [-0.15, -0.1) is 0 Å². The van der Waals surface area contributed by atoms with Crippen LogP contribution in [0.4, 0.5) is 5.69 Å². The molecule has 0 fully saturated rings. The van der Waals surface area contributed by atoms with E-state index in [9.17, 15) is 5.11 Å². The molecule has 2 rings (SSSR count). The lowest BCUT2D eigenvalue weighted by Gasteiger charge is -2.04. The predicted molar refractivity (Wildman–Crippen MR) is 85.5 cm³/mol. The van der Waals surface area contributed by atoms with Gasteiger partial charge in [0.1, 0.15) is 0 Å². The minimum atomic E-state index is -0.135. The zero-order valence-electron chi connectivity index (χ0n) is 10.5. The van der Waals surface area contributed by atoms with Crippen LogP contribution >= 0.6 is 34.8 Å². The third-order valence-corrected chi connectivity index (χ3v) is 3.60. The molecule has 0 saturated heterocycles. The summed E-state index contributed by atoms with van der Waals surface area (Å²) >= 11 is 17.7. The number of halogens is 3. The van der Waals surface area contributed by atoms with Gasteiger partial charge in [-0.25, -0.2) is 0 Å². The zero-order chi connectivity index (χ0) is 14.7. The Morgan fingerprint density at radius 1 is 1.05 bits per heavy atom. The predicted octanol–water partition coefficient (Wildman–Crippen LogP) is 5.11. The normalized spacial score (nSPS) is 11.0. The lowest BCUT2D eigenvalue weighted by molar-refractivity contribution is 0.476. The fraction of sp³-hybridized carbons (Fsp3) is 0.0714. The van der Waals surface area contributed by atoms with E-state index in [0.29, 0.717) is 10.6 Å². The van der Waals surface area contributed by atoms with Gasteiger partial charge < -0.3 is 5.11 Å². The van der Waals surface area contributed by atoms with Gasteiger partial charge in [-0.3, -0.25) is 5.43 Å². The van der Waals surface area contributed by atoms with Gasteiger partial charge in [0.05, 0.1) is 21.9 Å². The molecular formula is C14H11Cl3N2O. The zero-order valence-corrected chi connectivity index (χ0v) is 12.8. The Labute approximate surface area is 131 Å². The van der Waals surface area contributed by atoms with Crippen molar-refractivity contribution in [1.29, 1.82) is 0 Å². The summed E-state index contributed by atoms with van der Waals surface area (Å²) in [4.78, 5) is 0. The summed E-state index contributed by atoms with van der Waals surface area (Å²) in [5.41, 5.74) is 5.29. The SMILES string of the molecule is Cc1ccc(N/N=C/c2cc(Cl)c(O)c(Cl)c2)cc1Cl. The van der Waals surface area contributed by atoms with E-state index in [1.54, 1.807) is 24.4 Å². The lowest BCUT2D eigenvalue weighted by Crippen LogP contribution is -1.91. The van der Waals surface area contributed by atoms with Gasteiger partial charge >= 0.3 is 0 Å². The van der Waals surface area contributed by atoms with Crippen LogP contribution in [-0.4, -0.2) is 11.3 Å². The Bertz CT molecular complexity index is 648. The van der Waals surface area contributed by atoms with Crippen molar-refractivity contribution >= 4 is 46.7 Å². The summed E-state index contributed by atoms with van der Waals surface area (Å²) in [6.07, 6.45) is 1.55. The van der Waals surface area contributed by atoms with Crippen LogP contribution in [0.3, 0.4) is 0 Å². The molecule has 0 spiro atoms. The van der Waals surface area contributed by atoms with E-state index in [1.807, 2.05) is 19.1 Å². The second kappa shape index (κ2) is 6.35. The number of aromatic hydroxyl groups is 1. The van der Waals surface area contributed by atoms with Crippen molar-refractivity contribution < 1.29 is 5.11 Å². The second-order valence-electron chi connectivity index (χ2n) is 4.17. The van der Waals surface area contributed by atoms with E-state index < -0.39 is 0 Å². The van der Waals surface area contributed by atoms with Crippen molar-refractivity contribution in [1.82, 2.24) is 0 Å². The Kier molecular flexibility index (Phi) is 4.76. The Morgan fingerprint density at radius 2 is 1.70 bits per heavy atom. The highest BCUT2D eigenvalue weighted by atomic mass is 35.5. The molecule has 0 aromatic heterocycles. The first kappa shape index (κ1) is 15.0. The summed E-state index contributed by atoms with van der Waals surface area (Å²) in [5.74, 6) is -0.135. The molecule has 0 atom stereocenters. The number of hydrogen-bond donors (Lipinski definition) is 2. The van der Waals surface area contributed by atoms with Crippen LogP contribution in [0.5, 0.6) is 5.75 Å². The van der Waals surface area contributed by atoms with E-state index in [0.717, 1.165) is 11.3 Å². The summed E-state index contributed by atoms with van der Waals surface area (Å²) in [7, 11) is 0. The smallest absolute Gasteiger partial charge is 0.152 e. The lowest BCUT2D eigenvalue weighted by atomic mass is 10.2. The molecule has 6 heteroatoms. The van der Waals surface area contributed by atoms with Crippen LogP contribution in [-0.2, 0) is 0 Å². The molecule has 0 radical (unpaired) electrons. The number of nitrogens with one attached hydrogen (secondary N) is 1. The van der Waals surface area contributed by atoms with Gasteiger partial charge in [0.15, 0.2) is 5.75 Å². The number of nitrogens with zero attached hydrogens (tertiary/aromatic N) is 1. The van der Waals surface area contributed by atoms with Crippen molar-refractivity contribution in [3.63, 3.8) is 0 Å². The third kappa shape index (κ3) is 3.57. The van der Waals surface area contributed by atoms with Crippen LogP contribution in [0.25, 0.3) is 0 Å². The number of benzene rings is 2. The molecule has 3 nitrogen and oxygen atoms in total. The van der Waals surface area contributed by atoms with Gasteiger partial charge in [0, 0.05) is 5.02 Å². The highest BCUT2D eigenvalue weighted by molar-refractivity contribution is 6.37. The van der Waals surface area contributed by atoms with Gasteiger partial charge in [-0.2, -0.15) is 5.10 Å². The fourth-order valence-corrected chi connectivity index (χ4v) is 2.19. The minimum absolute atomic E-state index is 0.135. The molecule has 104 valence electrons. The monoisotopic (exact) mass is 328 g/mol. The molecule has 0 unspecified atom stereocenters. The van der Waals surface area contributed by atoms with Gasteiger partial charge in [-0.1, -0.05) is 40.9 Å². The first-order valence-electron chi connectivity index (χ1n) is 5.70. The number of hydrazone groups is 1. The minimum Gasteiger partial charge on any atom is -0.505 e. The Hall–Kier alpha value is -1.42. The largest absolute Gasteiger partial charge is 0.505 e. The van der Waals surface area contributed by atoms with E-state index in [4.69, 9.17) is 34.8 Å². The van der Waals surface area contributed by atoms with E-state index in [-0.39, 0.29) is 15.8 Å². The van der Waals surface area contributed by atoms with Crippen molar-refractivity contribution in [3.05, 3.63) is 56.5 Å². The molecule has 2 aromatic rings. The maximum Gasteiger partial charge on any atom is 0.152 e. The maximum atomic E-state index is 9.45. The van der Waals surface area contributed by atoms with Crippen molar-refractivity contribution in [2.75, 3.05) is 5.43 Å². The van der Waals surface area contributed by atoms with Crippen LogP contribution < -0.4 is 5.43 Å². The van der Waals surface area contributed by atoms with Crippen molar-refractivity contribution in [2.45, 2.75) is 6.92 Å². The number of rotatable bonds is 3. The maximum absolute atomic E-state index is 9.45. The third-order valence-electron chi connectivity index (χ3n) is 2.62. The second-order valence-corrected chi connectivity index (χ2v) is 5.39. The number of phenolic OH excluding ortho intramolecular Hbond substituents is 1. The van der Waals surface area contributed by atoms with E-state index in [2.05, 4.69) is 10.5 Å². The van der Waals surface area contributed by atoms with E-state index in [1.165, 1.54) is 0 Å². The molecule has 0 bridgehead atoms. The molecule has 0 aliphatic heterocycles. The number of anilines is 1. The molecule has 2 aromatic carbocycles. The molecule has 2 N–H and O–H groups in total. The van der Waals surface area contributed by atoms with Crippen LogP contribution in [0, 0.1) is 6.92 Å². The molecule has 0 saturated carbocycles. The number of hydrogen-bond acceptors (Lipinski definition) is 3. The molecule has 0 aliphatic rings. The van der Waals surface area contributed by atoms with Crippen molar-refractivity contribution in [2.24, 2.45) is 5.10 Å². The van der Waals surface area contributed by atoms with Gasteiger partial charge in [-0.05, 0) is 42.3 Å². The summed E-state index contributed by atoms with van der Waals surface area (Å²) < 4.78 is 0. The standard InChI is InChI=1S/C14H11Cl3N2O/c1-8-2-3-10(6-11(8)15)19-18-7-9-4-12(16)14(20)13(17)5-9/h2-7,19-20H,1H3/b18-7+. The topological polar surface area (TPSA) is 44.6 Å². The fourth-order valence-electron chi connectivity index (χ4n) is 1.50.